The molecule has 0 spiro atoms. The van der Waals surface area contributed by atoms with Crippen molar-refractivity contribution in [2.24, 2.45) is 0 Å². The monoisotopic (exact) mass is 285 g/mol. The molecule has 0 aliphatic carbocycles. The van der Waals surface area contributed by atoms with Gasteiger partial charge in [0.1, 0.15) is 12.4 Å². The predicted octanol–water partition coefficient (Wildman–Crippen LogP) is 3.22. The Morgan fingerprint density at radius 3 is 2.33 bits per heavy atom. The van der Waals surface area contributed by atoms with Crippen molar-refractivity contribution < 1.29 is 14.7 Å². The number of carbonyl (C=O) groups excluding carboxylic acids is 1. The van der Waals surface area contributed by atoms with Crippen molar-refractivity contribution in [1.29, 1.82) is 0 Å². The fraction of sp³-hybridized carbons (Fsp3) is 0.235. The van der Waals surface area contributed by atoms with E-state index in [0.29, 0.717) is 11.7 Å². The first-order valence-electron chi connectivity index (χ1n) is 6.81. The highest BCUT2D eigenvalue weighted by Gasteiger charge is 2.17. The number of hydrogen-bond acceptors (Lipinski definition) is 3. The van der Waals surface area contributed by atoms with Crippen LogP contribution in [0.25, 0.3) is 0 Å². The summed E-state index contributed by atoms with van der Waals surface area (Å²) in [6.45, 7) is 2.27. The zero-order chi connectivity index (χ0) is 15.2. The lowest BCUT2D eigenvalue weighted by Gasteiger charge is -2.15. The van der Waals surface area contributed by atoms with E-state index in [1.807, 2.05) is 54.6 Å². The fourth-order valence-electron chi connectivity index (χ4n) is 2.02. The van der Waals surface area contributed by atoms with Gasteiger partial charge in [-0.05, 0) is 30.2 Å². The van der Waals surface area contributed by atoms with Gasteiger partial charge in [-0.15, -0.1) is 0 Å². The third-order valence-electron chi connectivity index (χ3n) is 3.32. The first-order valence-corrected chi connectivity index (χ1v) is 6.81. The SMILES string of the molecule is C[C@H](C(=O)N(C)O)c1ccc(OCc2ccccc2)cc1. The van der Waals surface area contributed by atoms with Gasteiger partial charge >= 0.3 is 0 Å². The molecule has 0 aliphatic heterocycles. The van der Waals surface area contributed by atoms with Crippen molar-refractivity contribution in [3.8, 4) is 5.75 Å². The third-order valence-corrected chi connectivity index (χ3v) is 3.32. The molecule has 0 saturated carbocycles. The molecule has 1 atom stereocenters. The van der Waals surface area contributed by atoms with Gasteiger partial charge in [0.05, 0.1) is 5.92 Å². The lowest BCUT2D eigenvalue weighted by Crippen LogP contribution is -2.27. The van der Waals surface area contributed by atoms with Crippen molar-refractivity contribution in [1.82, 2.24) is 5.06 Å². The molecule has 0 aliphatic rings. The molecule has 4 nitrogen and oxygen atoms in total. The molecule has 1 amide bonds. The number of nitrogens with zero attached hydrogens (tertiary/aromatic N) is 1. The molecule has 2 aromatic rings. The van der Waals surface area contributed by atoms with E-state index >= 15 is 0 Å². The Morgan fingerprint density at radius 2 is 1.76 bits per heavy atom. The van der Waals surface area contributed by atoms with Gasteiger partial charge in [0.15, 0.2) is 0 Å². The number of rotatable bonds is 5. The molecule has 0 bridgehead atoms. The third kappa shape index (κ3) is 4.07. The largest absolute Gasteiger partial charge is 0.489 e. The van der Waals surface area contributed by atoms with Crippen LogP contribution in [0.4, 0.5) is 0 Å². The summed E-state index contributed by atoms with van der Waals surface area (Å²) in [5.74, 6) is 0.0238. The Balaban J connectivity index is 1.97. The highest BCUT2D eigenvalue weighted by molar-refractivity contribution is 5.82. The summed E-state index contributed by atoms with van der Waals surface area (Å²) >= 11 is 0. The molecular formula is C17H19NO3. The number of amides is 1. The molecule has 21 heavy (non-hydrogen) atoms. The number of hydroxylamine groups is 2. The van der Waals surface area contributed by atoms with Gasteiger partial charge in [0, 0.05) is 7.05 Å². The highest BCUT2D eigenvalue weighted by Crippen LogP contribution is 2.21. The van der Waals surface area contributed by atoms with Crippen LogP contribution in [0.5, 0.6) is 5.75 Å². The van der Waals surface area contributed by atoms with E-state index in [4.69, 9.17) is 4.74 Å². The van der Waals surface area contributed by atoms with E-state index in [2.05, 4.69) is 0 Å². The van der Waals surface area contributed by atoms with Gasteiger partial charge in [-0.2, -0.15) is 0 Å². The molecule has 0 unspecified atom stereocenters. The number of benzene rings is 2. The lowest BCUT2D eigenvalue weighted by molar-refractivity contribution is -0.160. The highest BCUT2D eigenvalue weighted by atomic mass is 16.5. The lowest BCUT2D eigenvalue weighted by atomic mass is 10.0. The molecule has 4 heteroatoms. The first-order chi connectivity index (χ1) is 10.1. The van der Waals surface area contributed by atoms with Gasteiger partial charge in [-0.25, -0.2) is 5.06 Å². The number of carbonyl (C=O) groups is 1. The predicted molar refractivity (Wildman–Crippen MR) is 80.2 cm³/mol. The minimum atomic E-state index is -0.386. The van der Waals surface area contributed by atoms with E-state index in [0.717, 1.165) is 16.9 Å². The Kier molecular flexibility index (Phi) is 4.95. The van der Waals surface area contributed by atoms with Gasteiger partial charge in [-0.3, -0.25) is 10.0 Å². The summed E-state index contributed by atoms with van der Waals surface area (Å²) in [7, 11) is 1.33. The molecule has 0 heterocycles. The van der Waals surface area contributed by atoms with Crippen LogP contribution in [-0.4, -0.2) is 23.2 Å². The quantitative estimate of drug-likeness (QED) is 0.678. The summed E-state index contributed by atoms with van der Waals surface area (Å²) in [5.41, 5.74) is 1.94. The summed E-state index contributed by atoms with van der Waals surface area (Å²) in [6, 6.07) is 17.3. The van der Waals surface area contributed by atoms with Gasteiger partial charge in [0.2, 0.25) is 0 Å². The van der Waals surface area contributed by atoms with Gasteiger partial charge < -0.3 is 4.74 Å². The van der Waals surface area contributed by atoms with E-state index in [-0.39, 0.29) is 11.8 Å². The zero-order valence-corrected chi connectivity index (χ0v) is 12.2. The average molecular weight is 285 g/mol. The average Bonchev–Trinajstić information content (AvgIpc) is 2.53. The Hall–Kier alpha value is -2.33. The normalized spacial score (nSPS) is 11.8. The first kappa shape index (κ1) is 15.1. The van der Waals surface area contributed by atoms with Crippen LogP contribution < -0.4 is 4.74 Å². The molecular weight excluding hydrogens is 266 g/mol. The Morgan fingerprint density at radius 1 is 1.14 bits per heavy atom. The van der Waals surface area contributed by atoms with E-state index in [1.165, 1.54) is 7.05 Å². The number of likely N-dealkylation sites (N-methyl/N-ethyl adjacent to an activating group) is 1. The fourth-order valence-corrected chi connectivity index (χ4v) is 2.02. The van der Waals surface area contributed by atoms with Crippen molar-refractivity contribution >= 4 is 5.91 Å². The maximum absolute atomic E-state index is 11.7. The van der Waals surface area contributed by atoms with Crippen LogP contribution in [-0.2, 0) is 11.4 Å². The van der Waals surface area contributed by atoms with E-state index < -0.39 is 0 Å². The van der Waals surface area contributed by atoms with Crippen molar-refractivity contribution in [2.75, 3.05) is 7.05 Å². The standard InChI is InChI=1S/C17H19NO3/c1-13(17(19)18(2)20)15-8-10-16(11-9-15)21-12-14-6-4-3-5-7-14/h3-11,13,20H,12H2,1-2H3/t13-/m0/s1. The van der Waals surface area contributed by atoms with Crippen LogP contribution in [0.15, 0.2) is 54.6 Å². The van der Waals surface area contributed by atoms with Crippen molar-refractivity contribution in [2.45, 2.75) is 19.4 Å². The molecule has 0 aromatic heterocycles. The van der Waals surface area contributed by atoms with Crippen LogP contribution in [0.2, 0.25) is 0 Å². The summed E-state index contributed by atoms with van der Waals surface area (Å²) in [6.07, 6.45) is 0. The second-order valence-electron chi connectivity index (χ2n) is 4.93. The maximum atomic E-state index is 11.7. The Bertz CT molecular complexity index is 579. The molecule has 0 fully saturated rings. The minimum absolute atomic E-state index is 0.340. The second-order valence-corrected chi connectivity index (χ2v) is 4.93. The molecule has 1 N–H and O–H groups in total. The van der Waals surface area contributed by atoms with E-state index in [1.54, 1.807) is 6.92 Å². The topological polar surface area (TPSA) is 49.8 Å². The number of hydrogen-bond donors (Lipinski definition) is 1. The van der Waals surface area contributed by atoms with Crippen LogP contribution in [0, 0.1) is 0 Å². The molecule has 2 aromatic carbocycles. The molecule has 0 radical (unpaired) electrons. The zero-order valence-electron chi connectivity index (χ0n) is 12.2. The summed E-state index contributed by atoms with van der Waals surface area (Å²) in [5, 5.41) is 9.79. The van der Waals surface area contributed by atoms with Crippen LogP contribution in [0.1, 0.15) is 24.0 Å². The Labute approximate surface area is 124 Å². The second kappa shape index (κ2) is 6.90. The summed E-state index contributed by atoms with van der Waals surface area (Å²) in [4.78, 5) is 11.7. The molecule has 0 saturated heterocycles. The van der Waals surface area contributed by atoms with Crippen LogP contribution >= 0.6 is 0 Å². The van der Waals surface area contributed by atoms with Gasteiger partial charge in [-0.1, -0.05) is 42.5 Å². The van der Waals surface area contributed by atoms with Crippen molar-refractivity contribution in [3.05, 3.63) is 65.7 Å². The number of ether oxygens (including phenoxy) is 1. The molecule has 110 valence electrons. The van der Waals surface area contributed by atoms with Crippen molar-refractivity contribution in [3.63, 3.8) is 0 Å². The summed E-state index contributed by atoms with van der Waals surface area (Å²) < 4.78 is 5.69. The molecule has 2 rings (SSSR count). The maximum Gasteiger partial charge on any atom is 0.252 e. The van der Waals surface area contributed by atoms with E-state index in [9.17, 15) is 10.0 Å². The smallest absolute Gasteiger partial charge is 0.252 e. The van der Waals surface area contributed by atoms with Gasteiger partial charge in [0.25, 0.3) is 5.91 Å². The minimum Gasteiger partial charge on any atom is -0.489 e. The van der Waals surface area contributed by atoms with Crippen LogP contribution in [0.3, 0.4) is 0 Å².